The highest BCUT2D eigenvalue weighted by molar-refractivity contribution is 9.10. The predicted molar refractivity (Wildman–Crippen MR) is 237 cm³/mol. The standard InChI is InChI=1S/C47H45BrClN5O6S/c1-24-31-20-27(49)10-13-37(31)61-42(24)35-22-38(51(3)50-35)54-44(57)33-21-32-29(40(47(33,2)46(54)59)26-18-34(48)41(55)36(19-26)60-4)11-12-30-39(32)45(58)53(43(30)56)28-14-16-52(17-15-28)23-25-8-6-5-7-9-25/h5-11,13,18-20,22,28,30,32-33,39-40,55H,12,14-17,21,23H2,1-4H3/t30-,32+,33-,39-,40-,47+/m0/s1. The molecular weight excluding hydrogens is 878 g/mol. The van der Waals surface area contributed by atoms with Gasteiger partial charge in [-0.25, -0.2) is 4.90 Å². The van der Waals surface area contributed by atoms with Crippen LogP contribution in [0, 0.1) is 36.0 Å². The summed E-state index contributed by atoms with van der Waals surface area (Å²) in [7, 11) is 3.20. The summed E-state index contributed by atoms with van der Waals surface area (Å²) in [6, 6.07) is 21.2. The first kappa shape index (κ1) is 40.3. The van der Waals surface area contributed by atoms with E-state index in [9.17, 15) is 14.7 Å². The van der Waals surface area contributed by atoms with Crippen molar-refractivity contribution in [2.45, 2.75) is 58.0 Å². The Hall–Kier alpha value is -4.82. The third kappa shape index (κ3) is 6.16. The third-order valence-corrected chi connectivity index (χ3v) is 16.4. The van der Waals surface area contributed by atoms with Gasteiger partial charge in [0.05, 0.1) is 39.6 Å². The van der Waals surface area contributed by atoms with Crippen LogP contribution >= 0.6 is 38.9 Å². The second-order valence-electron chi connectivity index (χ2n) is 17.5. The monoisotopic (exact) mass is 921 g/mol. The number of anilines is 1. The number of hydrogen-bond acceptors (Lipinski definition) is 9. The summed E-state index contributed by atoms with van der Waals surface area (Å²) < 4.78 is 8.62. The van der Waals surface area contributed by atoms with Crippen molar-refractivity contribution in [1.82, 2.24) is 19.6 Å². The van der Waals surface area contributed by atoms with E-state index in [0.29, 0.717) is 45.8 Å². The maximum atomic E-state index is 15.3. The molecule has 3 saturated heterocycles. The van der Waals surface area contributed by atoms with Gasteiger partial charge in [-0.1, -0.05) is 53.6 Å². The third-order valence-electron chi connectivity index (χ3n) is 14.3. The molecule has 0 spiro atoms. The topological polar surface area (TPSA) is 125 Å². The van der Waals surface area contributed by atoms with Crippen LogP contribution in [-0.2, 0) is 32.8 Å². The fourth-order valence-corrected chi connectivity index (χ4v) is 13.1. The van der Waals surface area contributed by atoms with Gasteiger partial charge < -0.3 is 9.84 Å². The fraction of sp³-hybridized carbons (Fsp3) is 0.383. The van der Waals surface area contributed by atoms with Crippen molar-refractivity contribution in [3.05, 3.63) is 105 Å². The lowest BCUT2D eigenvalue weighted by molar-refractivity contribution is -0.144. The molecule has 4 amide bonds. The molecule has 2 aromatic heterocycles. The van der Waals surface area contributed by atoms with Crippen LogP contribution in [0.4, 0.5) is 5.82 Å². The molecule has 4 fully saturated rings. The number of allylic oxidation sites excluding steroid dienone is 2. The quantitative estimate of drug-likeness (QED) is 0.127. The number of thiophene rings is 1. The molecule has 14 heteroatoms. The number of benzene rings is 3. The number of carbonyl (C=O) groups excluding carboxylic acids is 4. The van der Waals surface area contributed by atoms with Crippen molar-refractivity contribution in [2.24, 2.45) is 36.1 Å². The van der Waals surface area contributed by atoms with E-state index in [1.165, 1.54) is 17.6 Å². The van der Waals surface area contributed by atoms with E-state index in [1.54, 1.807) is 46.2 Å². The normalized spacial score (nSPS) is 26.9. The Bertz CT molecular complexity index is 2710. The van der Waals surface area contributed by atoms with Crippen LogP contribution in [0.15, 0.2) is 82.9 Å². The number of halogens is 2. The van der Waals surface area contributed by atoms with Crippen molar-refractivity contribution in [3.63, 3.8) is 0 Å². The van der Waals surface area contributed by atoms with Crippen LogP contribution in [-0.4, -0.2) is 74.6 Å². The molecule has 314 valence electrons. The van der Waals surface area contributed by atoms with Crippen molar-refractivity contribution in [2.75, 3.05) is 25.1 Å². The van der Waals surface area contributed by atoms with Crippen molar-refractivity contribution >= 4 is 78.4 Å². The minimum Gasteiger partial charge on any atom is -0.503 e. The molecule has 5 aromatic rings. The number of phenolic OH excluding ortho intramolecular Hbond substituents is 1. The number of hydrogen-bond donors (Lipinski definition) is 1. The maximum absolute atomic E-state index is 15.3. The zero-order valence-electron chi connectivity index (χ0n) is 34.2. The second-order valence-corrected chi connectivity index (χ2v) is 19.8. The molecule has 1 saturated carbocycles. The van der Waals surface area contributed by atoms with Gasteiger partial charge in [0, 0.05) is 54.4 Å². The number of amides is 4. The van der Waals surface area contributed by atoms with E-state index in [0.717, 1.165) is 45.7 Å². The van der Waals surface area contributed by atoms with Crippen molar-refractivity contribution in [1.29, 1.82) is 0 Å². The van der Waals surface area contributed by atoms with Crippen LogP contribution in [0.3, 0.4) is 0 Å². The van der Waals surface area contributed by atoms with Crippen LogP contribution in [0.2, 0.25) is 5.02 Å². The van der Waals surface area contributed by atoms with Gasteiger partial charge in [-0.15, -0.1) is 11.3 Å². The highest BCUT2D eigenvalue weighted by Gasteiger charge is 2.68. The van der Waals surface area contributed by atoms with Gasteiger partial charge in [0.25, 0.3) is 0 Å². The largest absolute Gasteiger partial charge is 0.503 e. The smallest absolute Gasteiger partial charge is 0.242 e. The number of methoxy groups -OCH3 is 1. The Morgan fingerprint density at radius 1 is 0.984 bits per heavy atom. The minimum atomic E-state index is -1.29. The molecule has 0 unspecified atom stereocenters. The Kier molecular flexibility index (Phi) is 9.85. The summed E-state index contributed by atoms with van der Waals surface area (Å²) in [6.07, 6.45) is 4.04. The number of ether oxygens (including phenoxy) is 1. The van der Waals surface area contributed by atoms with Crippen LogP contribution in [0.1, 0.15) is 55.2 Å². The summed E-state index contributed by atoms with van der Waals surface area (Å²) in [4.78, 5) is 65.8. The summed E-state index contributed by atoms with van der Waals surface area (Å²) >= 11 is 11.4. The van der Waals surface area contributed by atoms with Crippen molar-refractivity contribution < 1.29 is 29.0 Å². The number of carbonyl (C=O) groups is 4. The number of phenols is 1. The lowest BCUT2D eigenvalue weighted by atomic mass is 9.51. The SMILES string of the molecule is COc1cc([C@H]2C3=CC[C@@H]4C(=O)N(C5CCN(Cc6ccccc6)CC5)C(=O)[C@@H]4[C@@H]3C[C@H]3C(=O)N(c4cc(-c5sc6ccc(Cl)cc6c5C)nn4C)C(=O)[C@@]23C)cc(Br)c1O. The molecule has 5 aliphatic rings. The summed E-state index contributed by atoms with van der Waals surface area (Å²) in [5, 5.41) is 17.4. The molecule has 10 rings (SSSR count). The molecule has 6 atom stereocenters. The van der Waals surface area contributed by atoms with E-state index in [-0.39, 0.29) is 47.6 Å². The van der Waals surface area contributed by atoms with Gasteiger partial charge >= 0.3 is 0 Å². The van der Waals surface area contributed by atoms with Gasteiger partial charge in [0.1, 0.15) is 11.5 Å². The zero-order chi connectivity index (χ0) is 42.6. The minimum absolute atomic E-state index is 0.0864. The maximum Gasteiger partial charge on any atom is 0.242 e. The van der Waals surface area contributed by atoms with Gasteiger partial charge in [-0.05, 0) is 114 Å². The van der Waals surface area contributed by atoms with E-state index in [2.05, 4.69) is 39.0 Å². The number of rotatable bonds is 7. The number of fused-ring (bicyclic) bond motifs is 5. The molecule has 2 aliphatic carbocycles. The van der Waals surface area contributed by atoms with Gasteiger partial charge in [0.15, 0.2) is 11.5 Å². The summed E-state index contributed by atoms with van der Waals surface area (Å²) in [6.45, 7) is 6.24. The van der Waals surface area contributed by atoms with Gasteiger partial charge in [0.2, 0.25) is 23.6 Å². The Balaban J connectivity index is 1.01. The highest BCUT2D eigenvalue weighted by Crippen LogP contribution is 2.64. The molecule has 5 heterocycles. The number of aromatic hydroxyl groups is 1. The first-order valence-corrected chi connectivity index (χ1v) is 22.8. The predicted octanol–water partition coefficient (Wildman–Crippen LogP) is 8.64. The molecule has 0 radical (unpaired) electrons. The number of likely N-dealkylation sites (tertiary alicyclic amines) is 2. The Morgan fingerprint density at radius 3 is 2.48 bits per heavy atom. The molecule has 0 bridgehead atoms. The molecule has 3 aromatic carbocycles. The second kappa shape index (κ2) is 14.9. The fourth-order valence-electron chi connectivity index (χ4n) is 11.3. The average Bonchev–Trinajstić information content (AvgIpc) is 3.92. The zero-order valence-corrected chi connectivity index (χ0v) is 37.4. The van der Waals surface area contributed by atoms with Crippen LogP contribution in [0.25, 0.3) is 20.7 Å². The van der Waals surface area contributed by atoms with Crippen LogP contribution < -0.4 is 9.64 Å². The number of aryl methyl sites for hydroxylation is 2. The lowest BCUT2D eigenvalue weighted by Gasteiger charge is -2.49. The molecule has 61 heavy (non-hydrogen) atoms. The van der Waals surface area contributed by atoms with E-state index in [4.69, 9.17) is 21.4 Å². The number of nitrogens with zero attached hydrogens (tertiary/aromatic N) is 5. The number of imide groups is 2. The molecule has 11 nitrogen and oxygen atoms in total. The molecule has 1 N–H and O–H groups in total. The van der Waals surface area contributed by atoms with E-state index >= 15 is 9.59 Å². The van der Waals surface area contributed by atoms with Gasteiger partial charge in [-0.3, -0.25) is 33.7 Å². The van der Waals surface area contributed by atoms with E-state index in [1.807, 2.05) is 50.2 Å². The first-order chi connectivity index (χ1) is 29.3. The first-order valence-electron chi connectivity index (χ1n) is 20.8. The molecule has 3 aliphatic heterocycles. The lowest BCUT2D eigenvalue weighted by Crippen LogP contribution is -2.49. The average molecular weight is 923 g/mol. The summed E-state index contributed by atoms with van der Waals surface area (Å²) in [5.74, 6) is -3.74. The van der Waals surface area contributed by atoms with Crippen LogP contribution in [0.5, 0.6) is 11.5 Å². The van der Waals surface area contributed by atoms with E-state index < -0.39 is 35.0 Å². The number of piperidine rings is 1. The number of aromatic nitrogens is 2. The Labute approximate surface area is 371 Å². The highest BCUT2D eigenvalue weighted by atomic mass is 79.9. The molecular formula is C47H45BrClN5O6S. The van der Waals surface area contributed by atoms with Crippen molar-refractivity contribution in [3.8, 4) is 22.1 Å². The summed E-state index contributed by atoms with van der Waals surface area (Å²) in [5.41, 5.74) is 3.11. The van der Waals surface area contributed by atoms with Gasteiger partial charge in [-0.2, -0.15) is 5.10 Å². The Morgan fingerprint density at radius 2 is 1.74 bits per heavy atom.